The van der Waals surface area contributed by atoms with Gasteiger partial charge in [0, 0.05) is 0 Å². The molecule has 0 saturated carbocycles. The monoisotopic (exact) mass is 478 g/mol. The van der Waals surface area contributed by atoms with E-state index in [0.717, 1.165) is 17.8 Å². The van der Waals surface area contributed by atoms with Crippen molar-refractivity contribution in [1.82, 2.24) is 0 Å². The zero-order valence-electron chi connectivity index (χ0n) is 25.2. The Hall–Kier alpha value is 0. The van der Waals surface area contributed by atoms with Crippen LogP contribution in [0.2, 0.25) is 0 Å². The third-order valence-electron chi connectivity index (χ3n) is 8.56. The predicted molar refractivity (Wildman–Crippen MR) is 159 cm³/mol. The first-order chi connectivity index (χ1) is 16.7. The van der Waals surface area contributed by atoms with Crippen molar-refractivity contribution in [2.75, 3.05) is 0 Å². The molecule has 0 fully saturated rings. The van der Waals surface area contributed by atoms with Gasteiger partial charge in [-0.05, 0) is 36.5 Å². The summed E-state index contributed by atoms with van der Waals surface area (Å²) in [4.78, 5) is 0. The SMILES string of the molecule is CCCCCCCCCCC(CCCCCCCCCC)C(CCC)[C](CC)C(CC)CCC. The van der Waals surface area contributed by atoms with Crippen molar-refractivity contribution in [3.8, 4) is 0 Å². The van der Waals surface area contributed by atoms with E-state index in [9.17, 15) is 0 Å². The molecule has 0 saturated heterocycles. The van der Waals surface area contributed by atoms with E-state index < -0.39 is 0 Å². The third-order valence-corrected chi connectivity index (χ3v) is 8.56. The molecule has 0 nitrogen and oxygen atoms in total. The smallest absolute Gasteiger partial charge is 0.0179 e. The van der Waals surface area contributed by atoms with Gasteiger partial charge < -0.3 is 0 Å². The Bertz CT molecular complexity index is 352. The van der Waals surface area contributed by atoms with Crippen LogP contribution in [0.25, 0.3) is 0 Å². The third kappa shape index (κ3) is 17.4. The molecule has 0 aromatic heterocycles. The fourth-order valence-corrected chi connectivity index (χ4v) is 6.52. The Labute approximate surface area is 219 Å². The van der Waals surface area contributed by atoms with Gasteiger partial charge in [0.25, 0.3) is 0 Å². The Morgan fingerprint density at radius 3 is 1.18 bits per heavy atom. The van der Waals surface area contributed by atoms with Gasteiger partial charge in [0.05, 0.1) is 0 Å². The molecule has 0 aromatic carbocycles. The largest absolute Gasteiger partial charge is 0.0654 e. The van der Waals surface area contributed by atoms with Gasteiger partial charge >= 0.3 is 0 Å². The number of hydrogen-bond acceptors (Lipinski definition) is 0. The molecule has 2 atom stereocenters. The van der Waals surface area contributed by atoms with Gasteiger partial charge in [-0.25, -0.2) is 0 Å². The summed E-state index contributed by atoms with van der Waals surface area (Å²) < 4.78 is 0. The van der Waals surface area contributed by atoms with E-state index in [1.165, 1.54) is 154 Å². The van der Waals surface area contributed by atoms with Crippen LogP contribution in [-0.2, 0) is 0 Å². The van der Waals surface area contributed by atoms with Gasteiger partial charge in [-0.1, -0.05) is 183 Å². The molecule has 0 bridgehead atoms. The summed E-state index contributed by atoms with van der Waals surface area (Å²) in [6.45, 7) is 14.4. The molecule has 0 aliphatic carbocycles. The molecule has 2 unspecified atom stereocenters. The summed E-state index contributed by atoms with van der Waals surface area (Å²) in [5.41, 5.74) is 0. The zero-order valence-corrected chi connectivity index (χ0v) is 25.2. The average molecular weight is 478 g/mol. The van der Waals surface area contributed by atoms with Gasteiger partial charge in [-0.3, -0.25) is 0 Å². The maximum absolute atomic E-state index is 2.47. The van der Waals surface area contributed by atoms with Crippen LogP contribution in [0.15, 0.2) is 0 Å². The van der Waals surface area contributed by atoms with Gasteiger partial charge in [0.2, 0.25) is 0 Å². The molecule has 0 aromatic rings. The lowest BCUT2D eigenvalue weighted by atomic mass is 9.67. The first-order valence-corrected chi connectivity index (χ1v) is 16.5. The Morgan fingerprint density at radius 1 is 0.412 bits per heavy atom. The van der Waals surface area contributed by atoms with Gasteiger partial charge in [0.15, 0.2) is 0 Å². The Morgan fingerprint density at radius 2 is 0.824 bits per heavy atom. The molecule has 0 N–H and O–H groups in total. The molecule has 0 amide bonds. The summed E-state index contributed by atoms with van der Waals surface area (Å²) >= 11 is 0. The van der Waals surface area contributed by atoms with Crippen LogP contribution in [-0.4, -0.2) is 0 Å². The van der Waals surface area contributed by atoms with E-state index in [0.29, 0.717) is 0 Å². The lowest BCUT2D eigenvalue weighted by molar-refractivity contribution is 0.228. The van der Waals surface area contributed by atoms with Crippen LogP contribution in [0.5, 0.6) is 0 Å². The molecule has 1 radical (unpaired) electrons. The minimum Gasteiger partial charge on any atom is -0.0654 e. The van der Waals surface area contributed by atoms with Crippen molar-refractivity contribution < 1.29 is 0 Å². The van der Waals surface area contributed by atoms with Crippen molar-refractivity contribution >= 4 is 0 Å². The highest BCUT2D eigenvalue weighted by Gasteiger charge is 2.32. The van der Waals surface area contributed by atoms with E-state index in [2.05, 4.69) is 41.5 Å². The van der Waals surface area contributed by atoms with Crippen LogP contribution < -0.4 is 0 Å². The van der Waals surface area contributed by atoms with Crippen molar-refractivity contribution in [3.05, 3.63) is 5.92 Å². The maximum atomic E-state index is 2.47. The Balaban J connectivity index is 4.85. The first-order valence-electron chi connectivity index (χ1n) is 16.5. The van der Waals surface area contributed by atoms with Gasteiger partial charge in [-0.2, -0.15) is 0 Å². The molecule has 0 spiro atoms. The molecule has 0 heterocycles. The van der Waals surface area contributed by atoms with Crippen LogP contribution in [0.3, 0.4) is 0 Å². The van der Waals surface area contributed by atoms with Crippen LogP contribution in [0.4, 0.5) is 0 Å². The topological polar surface area (TPSA) is 0 Å². The van der Waals surface area contributed by atoms with Crippen molar-refractivity contribution in [1.29, 1.82) is 0 Å². The number of rotatable bonds is 27. The summed E-state index contributed by atoms with van der Waals surface area (Å²) in [7, 11) is 0. The zero-order chi connectivity index (χ0) is 25.3. The fraction of sp³-hybridized carbons (Fsp3) is 0.971. The summed E-state index contributed by atoms with van der Waals surface area (Å²) in [5.74, 6) is 4.71. The highest BCUT2D eigenvalue weighted by atomic mass is 14.4. The molecule has 0 rings (SSSR count). The highest BCUT2D eigenvalue weighted by Crippen LogP contribution is 2.42. The molecular formula is C34H69. The van der Waals surface area contributed by atoms with Gasteiger partial charge in [-0.15, -0.1) is 0 Å². The molecule has 0 aliphatic rings. The van der Waals surface area contributed by atoms with Crippen molar-refractivity contribution in [3.63, 3.8) is 0 Å². The summed E-state index contributed by atoms with van der Waals surface area (Å²) in [5, 5.41) is 0. The van der Waals surface area contributed by atoms with E-state index >= 15 is 0 Å². The van der Waals surface area contributed by atoms with Crippen molar-refractivity contribution in [2.24, 2.45) is 17.8 Å². The maximum Gasteiger partial charge on any atom is -0.0179 e. The highest BCUT2D eigenvalue weighted by molar-refractivity contribution is 5.02. The van der Waals surface area contributed by atoms with Crippen LogP contribution in [0, 0.1) is 23.7 Å². The predicted octanol–water partition coefficient (Wildman–Crippen LogP) is 12.9. The second-order valence-corrected chi connectivity index (χ2v) is 11.5. The van der Waals surface area contributed by atoms with Crippen LogP contribution in [0.1, 0.15) is 196 Å². The number of hydrogen-bond donors (Lipinski definition) is 0. The second kappa shape index (κ2) is 26.1. The lowest BCUT2D eigenvalue weighted by Gasteiger charge is -2.38. The molecule has 0 aliphatic heterocycles. The first kappa shape index (κ1) is 34.0. The van der Waals surface area contributed by atoms with E-state index in [1.807, 2.05) is 5.92 Å². The van der Waals surface area contributed by atoms with E-state index in [-0.39, 0.29) is 0 Å². The molecule has 0 heteroatoms. The molecular weight excluding hydrogens is 408 g/mol. The fourth-order valence-electron chi connectivity index (χ4n) is 6.52. The molecule has 34 heavy (non-hydrogen) atoms. The second-order valence-electron chi connectivity index (χ2n) is 11.5. The minimum absolute atomic E-state index is 0.881. The van der Waals surface area contributed by atoms with E-state index in [4.69, 9.17) is 0 Å². The number of unbranched alkanes of at least 4 members (excludes halogenated alkanes) is 14. The van der Waals surface area contributed by atoms with Crippen molar-refractivity contribution in [2.45, 2.75) is 196 Å². The Kier molecular flexibility index (Phi) is 26.1. The minimum atomic E-state index is 0.881. The van der Waals surface area contributed by atoms with Crippen LogP contribution >= 0.6 is 0 Å². The lowest BCUT2D eigenvalue weighted by Crippen LogP contribution is -2.28. The van der Waals surface area contributed by atoms with E-state index in [1.54, 1.807) is 0 Å². The molecule has 205 valence electrons. The summed E-state index contributed by atoms with van der Waals surface area (Å²) in [6, 6.07) is 0. The standard InChI is InChI=1S/C34H69/c1-7-13-15-17-19-21-23-25-29-32(30-26-24-22-20-18-16-14-8-2)34(28-10-4)33(12-6)31(11-5)27-9-3/h31-32,34H,7-30H2,1-6H3. The summed E-state index contributed by atoms with van der Waals surface area (Å²) in [6.07, 6.45) is 34.6. The average Bonchev–Trinajstić information content (AvgIpc) is 2.85. The quantitative estimate of drug-likeness (QED) is 0.103. The normalized spacial score (nSPS) is 13.8. The van der Waals surface area contributed by atoms with Gasteiger partial charge in [0.1, 0.15) is 0 Å².